The van der Waals surface area contributed by atoms with Crippen LogP contribution in [0.3, 0.4) is 0 Å². The predicted molar refractivity (Wildman–Crippen MR) is 78.0 cm³/mol. The maximum atomic E-state index is 8.67. The average Bonchev–Trinajstić information content (AvgIpc) is 2.99. The second kappa shape index (κ2) is 6.72. The van der Waals surface area contributed by atoms with Gasteiger partial charge in [-0.1, -0.05) is 12.1 Å². The average molecular weight is 283 g/mol. The Hall–Kier alpha value is -1.34. The van der Waals surface area contributed by atoms with Crippen LogP contribution < -0.4 is 10.6 Å². The lowest BCUT2D eigenvalue weighted by atomic mass is 10.1. The highest BCUT2D eigenvalue weighted by molar-refractivity contribution is 7.13. The van der Waals surface area contributed by atoms with E-state index >= 15 is 0 Å². The van der Waals surface area contributed by atoms with Crippen LogP contribution in [0.1, 0.15) is 19.8 Å². The third-order valence-electron chi connectivity index (χ3n) is 3.56. The number of anilines is 1. The Balaban J connectivity index is 1.87. The number of piperazine rings is 1. The molecule has 1 unspecified atom stereocenters. The lowest BCUT2D eigenvalue weighted by Gasteiger charge is -2.38. The second-order valence-electron chi connectivity index (χ2n) is 4.70. The summed E-state index contributed by atoms with van der Waals surface area (Å²) in [5, 5.41) is 14.9. The number of amidine groups is 1. The fourth-order valence-electron chi connectivity index (χ4n) is 2.46. The van der Waals surface area contributed by atoms with Crippen LogP contribution in [0.5, 0.6) is 0 Å². The highest BCUT2D eigenvalue weighted by atomic mass is 32.1. The minimum Gasteiger partial charge on any atom is -0.409 e. The zero-order valence-electron chi connectivity index (χ0n) is 11.2. The highest BCUT2D eigenvalue weighted by Gasteiger charge is 2.24. The van der Waals surface area contributed by atoms with Gasteiger partial charge < -0.3 is 15.8 Å². The van der Waals surface area contributed by atoms with Crippen LogP contribution >= 0.6 is 11.3 Å². The summed E-state index contributed by atoms with van der Waals surface area (Å²) in [6.07, 6.45) is 3.48. The Morgan fingerprint density at radius 3 is 2.79 bits per heavy atom. The van der Waals surface area contributed by atoms with Crippen LogP contribution in [0.2, 0.25) is 0 Å². The molecule has 1 aromatic heterocycles. The number of aromatic nitrogens is 1. The molecule has 3 N–H and O–H groups in total. The van der Waals surface area contributed by atoms with E-state index in [0.29, 0.717) is 18.3 Å². The van der Waals surface area contributed by atoms with Crippen LogP contribution in [-0.4, -0.2) is 53.1 Å². The van der Waals surface area contributed by atoms with E-state index in [-0.39, 0.29) is 0 Å². The first kappa shape index (κ1) is 14.1. The van der Waals surface area contributed by atoms with E-state index < -0.39 is 0 Å². The van der Waals surface area contributed by atoms with Crippen molar-refractivity contribution in [1.82, 2.24) is 9.88 Å². The van der Waals surface area contributed by atoms with Gasteiger partial charge in [0.15, 0.2) is 5.13 Å². The summed E-state index contributed by atoms with van der Waals surface area (Å²) < 4.78 is 0. The maximum absolute atomic E-state index is 8.67. The second-order valence-corrected chi connectivity index (χ2v) is 5.57. The number of rotatable bonds is 5. The van der Waals surface area contributed by atoms with Crippen molar-refractivity contribution in [1.29, 1.82) is 0 Å². The molecule has 1 aliphatic heterocycles. The first-order valence-corrected chi connectivity index (χ1v) is 7.47. The van der Waals surface area contributed by atoms with Gasteiger partial charge in [-0.15, -0.1) is 11.3 Å². The van der Waals surface area contributed by atoms with Crippen LogP contribution in [0.4, 0.5) is 5.13 Å². The fraction of sp³-hybridized carbons (Fsp3) is 0.667. The number of oxime groups is 1. The first-order chi connectivity index (χ1) is 9.24. The van der Waals surface area contributed by atoms with E-state index in [9.17, 15) is 0 Å². The molecule has 7 heteroatoms. The summed E-state index contributed by atoms with van der Waals surface area (Å²) in [5.74, 6) is 0.314. The van der Waals surface area contributed by atoms with Gasteiger partial charge in [-0.3, -0.25) is 4.90 Å². The molecule has 1 aliphatic rings. The molecule has 0 aliphatic carbocycles. The van der Waals surface area contributed by atoms with Crippen molar-refractivity contribution < 1.29 is 5.21 Å². The summed E-state index contributed by atoms with van der Waals surface area (Å²) in [6, 6.07) is 0.356. The number of hydrogen-bond acceptors (Lipinski definition) is 6. The van der Waals surface area contributed by atoms with Crippen molar-refractivity contribution in [2.75, 3.05) is 31.1 Å². The Kier molecular flexibility index (Phi) is 4.98. The molecule has 1 atom stereocenters. The van der Waals surface area contributed by atoms with Gasteiger partial charge >= 0.3 is 0 Å². The van der Waals surface area contributed by atoms with Crippen molar-refractivity contribution in [3.05, 3.63) is 11.6 Å². The Labute approximate surface area is 117 Å². The molecule has 0 spiro atoms. The van der Waals surface area contributed by atoms with Crippen molar-refractivity contribution >= 4 is 22.3 Å². The van der Waals surface area contributed by atoms with Crippen LogP contribution in [-0.2, 0) is 0 Å². The van der Waals surface area contributed by atoms with Crippen molar-refractivity contribution in [3.8, 4) is 0 Å². The molecule has 6 nitrogen and oxygen atoms in total. The Bertz CT molecular complexity index is 400. The molecule has 0 aromatic carbocycles. The van der Waals surface area contributed by atoms with E-state index in [1.165, 1.54) is 0 Å². The summed E-state index contributed by atoms with van der Waals surface area (Å²) in [4.78, 5) is 9.08. The zero-order chi connectivity index (χ0) is 13.7. The molecule has 2 rings (SSSR count). The number of hydrogen-bond donors (Lipinski definition) is 2. The minimum atomic E-state index is 0.314. The van der Waals surface area contributed by atoms with Crippen molar-refractivity contribution in [2.45, 2.75) is 25.8 Å². The molecule has 106 valence electrons. The van der Waals surface area contributed by atoms with Gasteiger partial charge in [-0.25, -0.2) is 4.98 Å². The van der Waals surface area contributed by atoms with Crippen LogP contribution in [0.25, 0.3) is 0 Å². The monoisotopic (exact) mass is 283 g/mol. The number of nitrogens with two attached hydrogens (primary N) is 1. The minimum absolute atomic E-state index is 0.314. The van der Waals surface area contributed by atoms with Gasteiger partial charge in [0.25, 0.3) is 0 Å². The van der Waals surface area contributed by atoms with E-state index in [2.05, 4.69) is 26.9 Å². The number of thiazole rings is 1. The molecule has 1 saturated heterocycles. The zero-order valence-corrected chi connectivity index (χ0v) is 12.0. The molecule has 2 heterocycles. The predicted octanol–water partition coefficient (Wildman–Crippen LogP) is 1.18. The lowest BCUT2D eigenvalue weighted by Crippen LogP contribution is -2.51. The smallest absolute Gasteiger partial charge is 0.185 e. The van der Waals surface area contributed by atoms with Gasteiger partial charge in [-0.05, 0) is 6.42 Å². The molecule has 19 heavy (non-hydrogen) atoms. The first-order valence-electron chi connectivity index (χ1n) is 6.59. The standard InChI is InChI=1S/C12H21N5OS/c1-2-10(9-11(13)15-18)16-4-6-17(7-5-16)12-14-3-8-19-12/h3,8,10,18H,2,4-7,9H2,1H3,(H2,13,15). The largest absolute Gasteiger partial charge is 0.409 e. The topological polar surface area (TPSA) is 78.0 Å². The van der Waals surface area contributed by atoms with E-state index in [1.807, 2.05) is 11.6 Å². The third-order valence-corrected chi connectivity index (χ3v) is 4.40. The van der Waals surface area contributed by atoms with E-state index in [0.717, 1.165) is 37.7 Å². The molecular weight excluding hydrogens is 262 g/mol. The van der Waals surface area contributed by atoms with Gasteiger partial charge in [-0.2, -0.15) is 0 Å². The molecule has 1 fully saturated rings. The summed E-state index contributed by atoms with van der Waals surface area (Å²) in [7, 11) is 0. The summed E-state index contributed by atoms with van der Waals surface area (Å²) in [5.41, 5.74) is 5.62. The van der Waals surface area contributed by atoms with Crippen molar-refractivity contribution in [3.63, 3.8) is 0 Å². The summed E-state index contributed by atoms with van der Waals surface area (Å²) >= 11 is 1.68. The van der Waals surface area contributed by atoms with Crippen LogP contribution in [0.15, 0.2) is 16.7 Å². The highest BCUT2D eigenvalue weighted by Crippen LogP contribution is 2.20. The number of nitrogens with zero attached hydrogens (tertiary/aromatic N) is 4. The quantitative estimate of drug-likeness (QED) is 0.367. The van der Waals surface area contributed by atoms with Crippen LogP contribution in [0, 0.1) is 0 Å². The Morgan fingerprint density at radius 1 is 1.53 bits per heavy atom. The molecule has 0 bridgehead atoms. The third kappa shape index (κ3) is 3.57. The SMILES string of the molecule is CCC(C/C(N)=N/O)N1CCN(c2nccs2)CC1. The maximum Gasteiger partial charge on any atom is 0.185 e. The van der Waals surface area contributed by atoms with Gasteiger partial charge in [0.1, 0.15) is 5.84 Å². The fourth-order valence-corrected chi connectivity index (χ4v) is 3.16. The summed E-state index contributed by atoms with van der Waals surface area (Å²) in [6.45, 7) is 6.11. The van der Waals surface area contributed by atoms with Crippen molar-refractivity contribution in [2.24, 2.45) is 10.9 Å². The molecule has 1 aromatic rings. The van der Waals surface area contributed by atoms with Gasteiger partial charge in [0.05, 0.1) is 0 Å². The van der Waals surface area contributed by atoms with E-state index in [1.54, 1.807) is 11.3 Å². The van der Waals surface area contributed by atoms with E-state index in [4.69, 9.17) is 10.9 Å². The molecule has 0 radical (unpaired) electrons. The lowest BCUT2D eigenvalue weighted by molar-refractivity contribution is 0.182. The normalized spacial score (nSPS) is 19.6. The molecular formula is C12H21N5OS. The van der Waals surface area contributed by atoms with Gasteiger partial charge in [0, 0.05) is 50.2 Å². The molecule has 0 amide bonds. The molecule has 0 saturated carbocycles. The Morgan fingerprint density at radius 2 is 2.26 bits per heavy atom. The van der Waals surface area contributed by atoms with Gasteiger partial charge in [0.2, 0.25) is 0 Å².